The molecule has 0 spiro atoms. The van der Waals surface area contributed by atoms with Gasteiger partial charge >= 0.3 is 6.18 Å². The highest BCUT2D eigenvalue weighted by atomic mass is 19.4. The van der Waals surface area contributed by atoms with E-state index in [4.69, 9.17) is 4.74 Å². The van der Waals surface area contributed by atoms with E-state index >= 15 is 0 Å². The third-order valence-corrected chi connectivity index (χ3v) is 3.06. The highest BCUT2D eigenvalue weighted by molar-refractivity contribution is 5.36. The Kier molecular flexibility index (Phi) is 2.91. The lowest BCUT2D eigenvalue weighted by Gasteiger charge is -2.23. The minimum absolute atomic E-state index is 0.138. The van der Waals surface area contributed by atoms with Gasteiger partial charge in [0, 0.05) is 13.0 Å². The molecule has 0 aromatic heterocycles. The fourth-order valence-electron chi connectivity index (χ4n) is 2.13. The standard InChI is InChI=1S/C12H13F3O2/c1-8-6-9(12(13,14)15)2-3-10(8)11(16)4-5-17-7-11/h2-3,6,16H,4-5,7H2,1H3. The summed E-state index contributed by atoms with van der Waals surface area (Å²) in [6.07, 6.45) is -3.93. The maximum atomic E-state index is 12.5. The van der Waals surface area contributed by atoms with Gasteiger partial charge in [-0.25, -0.2) is 0 Å². The van der Waals surface area contributed by atoms with Crippen LogP contribution in [0.4, 0.5) is 13.2 Å². The van der Waals surface area contributed by atoms with Crippen molar-refractivity contribution in [2.45, 2.75) is 25.1 Å². The van der Waals surface area contributed by atoms with E-state index in [1.54, 1.807) is 6.92 Å². The second kappa shape index (κ2) is 3.99. The molecule has 1 saturated heterocycles. The second-order valence-electron chi connectivity index (χ2n) is 4.36. The topological polar surface area (TPSA) is 29.5 Å². The zero-order valence-corrected chi connectivity index (χ0v) is 9.34. The monoisotopic (exact) mass is 246 g/mol. The average Bonchev–Trinajstić information content (AvgIpc) is 2.64. The smallest absolute Gasteiger partial charge is 0.383 e. The van der Waals surface area contributed by atoms with E-state index in [-0.39, 0.29) is 6.61 Å². The molecule has 0 aliphatic carbocycles. The number of benzene rings is 1. The first kappa shape index (κ1) is 12.4. The molecule has 1 N–H and O–H groups in total. The molecule has 1 heterocycles. The first-order valence-corrected chi connectivity index (χ1v) is 5.31. The van der Waals surface area contributed by atoms with Gasteiger partial charge in [-0.05, 0) is 30.2 Å². The van der Waals surface area contributed by atoms with Crippen LogP contribution in [-0.2, 0) is 16.5 Å². The average molecular weight is 246 g/mol. The van der Waals surface area contributed by atoms with Crippen molar-refractivity contribution in [3.8, 4) is 0 Å². The van der Waals surface area contributed by atoms with Gasteiger partial charge in [0.05, 0.1) is 12.2 Å². The molecule has 1 unspecified atom stereocenters. The maximum Gasteiger partial charge on any atom is 0.416 e. The molecular weight excluding hydrogens is 233 g/mol. The highest BCUT2D eigenvalue weighted by Crippen LogP contribution is 2.36. The van der Waals surface area contributed by atoms with E-state index in [2.05, 4.69) is 0 Å². The fraction of sp³-hybridized carbons (Fsp3) is 0.500. The van der Waals surface area contributed by atoms with Crippen molar-refractivity contribution in [3.63, 3.8) is 0 Å². The van der Waals surface area contributed by atoms with Crippen LogP contribution in [0, 0.1) is 6.92 Å². The maximum absolute atomic E-state index is 12.5. The molecule has 17 heavy (non-hydrogen) atoms. The number of halogens is 3. The summed E-state index contributed by atoms with van der Waals surface area (Å²) < 4.78 is 42.5. The minimum atomic E-state index is -4.35. The molecule has 0 saturated carbocycles. The minimum Gasteiger partial charge on any atom is -0.383 e. The number of aryl methyl sites for hydroxylation is 1. The van der Waals surface area contributed by atoms with Crippen molar-refractivity contribution in [2.24, 2.45) is 0 Å². The Morgan fingerprint density at radius 2 is 2.06 bits per heavy atom. The van der Waals surface area contributed by atoms with E-state index in [0.29, 0.717) is 24.2 Å². The van der Waals surface area contributed by atoms with Crippen molar-refractivity contribution in [1.82, 2.24) is 0 Å². The molecule has 1 atom stereocenters. The molecule has 1 aliphatic rings. The predicted octanol–water partition coefficient (Wildman–Crippen LogP) is 2.62. The van der Waals surface area contributed by atoms with Crippen LogP contribution in [-0.4, -0.2) is 18.3 Å². The summed E-state index contributed by atoms with van der Waals surface area (Å²) in [5, 5.41) is 10.2. The molecular formula is C12H13F3O2. The van der Waals surface area contributed by atoms with Gasteiger partial charge in [0.25, 0.3) is 0 Å². The summed E-state index contributed by atoms with van der Waals surface area (Å²) in [6.45, 7) is 2.14. The summed E-state index contributed by atoms with van der Waals surface area (Å²) in [7, 11) is 0. The van der Waals surface area contributed by atoms with E-state index < -0.39 is 17.3 Å². The molecule has 1 aromatic rings. The van der Waals surface area contributed by atoms with Crippen LogP contribution in [0.15, 0.2) is 18.2 Å². The lowest BCUT2D eigenvalue weighted by Crippen LogP contribution is -2.27. The number of rotatable bonds is 1. The number of ether oxygens (including phenoxy) is 1. The number of hydrogen-bond acceptors (Lipinski definition) is 2. The van der Waals surface area contributed by atoms with E-state index in [1.807, 2.05) is 0 Å². The first-order chi connectivity index (χ1) is 7.83. The number of hydrogen-bond donors (Lipinski definition) is 1. The fourth-order valence-corrected chi connectivity index (χ4v) is 2.13. The Labute approximate surface area is 97.0 Å². The Balaban J connectivity index is 2.38. The van der Waals surface area contributed by atoms with Gasteiger partial charge in [0.1, 0.15) is 5.60 Å². The molecule has 0 amide bonds. The Morgan fingerprint density at radius 3 is 2.53 bits per heavy atom. The molecule has 2 nitrogen and oxygen atoms in total. The van der Waals surface area contributed by atoms with Gasteiger partial charge in [0.2, 0.25) is 0 Å². The zero-order chi connectivity index (χ0) is 12.7. The largest absolute Gasteiger partial charge is 0.416 e. The summed E-state index contributed by atoms with van der Waals surface area (Å²) in [4.78, 5) is 0. The lowest BCUT2D eigenvalue weighted by molar-refractivity contribution is -0.137. The van der Waals surface area contributed by atoms with Crippen molar-refractivity contribution in [3.05, 3.63) is 34.9 Å². The number of alkyl halides is 3. The van der Waals surface area contributed by atoms with Crippen molar-refractivity contribution in [1.29, 1.82) is 0 Å². The zero-order valence-electron chi connectivity index (χ0n) is 9.34. The number of aliphatic hydroxyl groups is 1. The quantitative estimate of drug-likeness (QED) is 0.825. The molecule has 0 bridgehead atoms. The van der Waals surface area contributed by atoms with Crippen molar-refractivity contribution in [2.75, 3.05) is 13.2 Å². The molecule has 5 heteroatoms. The molecule has 1 fully saturated rings. The molecule has 1 aromatic carbocycles. The second-order valence-corrected chi connectivity index (χ2v) is 4.36. The van der Waals surface area contributed by atoms with Crippen LogP contribution < -0.4 is 0 Å². The van der Waals surface area contributed by atoms with Crippen LogP contribution in [0.1, 0.15) is 23.1 Å². The normalized spacial score (nSPS) is 25.2. The molecule has 0 radical (unpaired) electrons. The van der Waals surface area contributed by atoms with E-state index in [0.717, 1.165) is 12.1 Å². The Bertz CT molecular complexity index is 420. The summed E-state index contributed by atoms with van der Waals surface area (Å²) in [5.41, 5.74) is -0.883. The summed E-state index contributed by atoms with van der Waals surface area (Å²) >= 11 is 0. The van der Waals surface area contributed by atoms with E-state index in [1.165, 1.54) is 6.07 Å². The molecule has 2 rings (SSSR count). The SMILES string of the molecule is Cc1cc(C(F)(F)F)ccc1C1(O)CCOC1. The van der Waals surface area contributed by atoms with Gasteiger partial charge in [-0.2, -0.15) is 13.2 Å². The van der Waals surface area contributed by atoms with Crippen LogP contribution in [0.2, 0.25) is 0 Å². The van der Waals surface area contributed by atoms with E-state index in [9.17, 15) is 18.3 Å². The lowest BCUT2D eigenvalue weighted by atomic mass is 9.88. The van der Waals surface area contributed by atoms with Crippen LogP contribution in [0.25, 0.3) is 0 Å². The summed E-state index contributed by atoms with van der Waals surface area (Å²) in [6, 6.07) is 3.40. The van der Waals surface area contributed by atoms with Gasteiger partial charge < -0.3 is 9.84 Å². The Hall–Kier alpha value is -1.07. The highest BCUT2D eigenvalue weighted by Gasteiger charge is 2.37. The summed E-state index contributed by atoms with van der Waals surface area (Å²) in [5.74, 6) is 0. The Morgan fingerprint density at radius 1 is 1.35 bits per heavy atom. The third kappa shape index (κ3) is 2.30. The van der Waals surface area contributed by atoms with Crippen molar-refractivity contribution < 1.29 is 23.0 Å². The van der Waals surface area contributed by atoms with Crippen LogP contribution in [0.5, 0.6) is 0 Å². The van der Waals surface area contributed by atoms with Crippen LogP contribution >= 0.6 is 0 Å². The predicted molar refractivity (Wildman–Crippen MR) is 55.5 cm³/mol. The first-order valence-electron chi connectivity index (χ1n) is 5.31. The van der Waals surface area contributed by atoms with Crippen molar-refractivity contribution >= 4 is 0 Å². The molecule has 94 valence electrons. The van der Waals surface area contributed by atoms with Gasteiger partial charge in [0.15, 0.2) is 0 Å². The van der Waals surface area contributed by atoms with Gasteiger partial charge in [-0.3, -0.25) is 0 Å². The van der Waals surface area contributed by atoms with Gasteiger partial charge in [-0.15, -0.1) is 0 Å². The van der Waals surface area contributed by atoms with Crippen LogP contribution in [0.3, 0.4) is 0 Å². The van der Waals surface area contributed by atoms with Gasteiger partial charge in [-0.1, -0.05) is 6.07 Å². The molecule has 1 aliphatic heterocycles. The third-order valence-electron chi connectivity index (χ3n) is 3.06.